The third kappa shape index (κ3) is 4.94. The van der Waals surface area contributed by atoms with E-state index >= 15 is 0 Å². The van der Waals surface area contributed by atoms with Gasteiger partial charge in [-0.25, -0.2) is 4.98 Å². The van der Waals surface area contributed by atoms with Gasteiger partial charge in [-0.15, -0.1) is 0 Å². The molecule has 4 bridgehead atoms. The van der Waals surface area contributed by atoms with E-state index in [4.69, 9.17) is 0 Å². The molecule has 202 valence electrons. The lowest BCUT2D eigenvalue weighted by molar-refractivity contribution is -0.114. The van der Waals surface area contributed by atoms with Crippen LogP contribution in [0.5, 0.6) is 5.75 Å². The molecule has 5 aliphatic carbocycles. The summed E-state index contributed by atoms with van der Waals surface area (Å²) in [5.74, 6) is 3.54. The molecule has 8 heteroatoms. The first-order chi connectivity index (χ1) is 18.4. The smallest absolute Gasteiger partial charge is 0.224 e. The molecule has 4 N–H and O–H groups in total. The van der Waals surface area contributed by atoms with Gasteiger partial charge in [-0.3, -0.25) is 4.90 Å². The van der Waals surface area contributed by atoms with Crippen LogP contribution in [-0.2, 0) is 6.54 Å². The molecule has 0 amide bonds. The van der Waals surface area contributed by atoms with Crippen LogP contribution in [0.1, 0.15) is 68.9 Å². The monoisotopic (exact) mass is 516 g/mol. The van der Waals surface area contributed by atoms with Gasteiger partial charge in [0.25, 0.3) is 0 Å². The Balaban J connectivity index is 1.12. The summed E-state index contributed by atoms with van der Waals surface area (Å²) in [7, 11) is 2.35. The Morgan fingerprint density at radius 1 is 1.08 bits per heavy atom. The normalized spacial score (nSPS) is 33.7. The van der Waals surface area contributed by atoms with Crippen LogP contribution < -0.4 is 10.6 Å². The van der Waals surface area contributed by atoms with Crippen LogP contribution in [0.2, 0.25) is 0 Å². The first-order valence-electron chi connectivity index (χ1n) is 14.3. The molecule has 7 rings (SSSR count). The fraction of sp³-hybridized carbons (Fsp3) is 0.633. The summed E-state index contributed by atoms with van der Waals surface area (Å²) in [6.45, 7) is 1.25. The minimum Gasteiger partial charge on any atom is -0.508 e. The lowest BCUT2D eigenvalue weighted by Gasteiger charge is -2.62. The van der Waals surface area contributed by atoms with E-state index in [1.165, 1.54) is 32.1 Å². The first kappa shape index (κ1) is 25.4. The number of nitrogens with zero attached hydrogens (tertiary/aromatic N) is 4. The van der Waals surface area contributed by atoms with Gasteiger partial charge in [0.2, 0.25) is 5.95 Å². The van der Waals surface area contributed by atoms with Crippen LogP contribution in [0.15, 0.2) is 30.5 Å². The van der Waals surface area contributed by atoms with Gasteiger partial charge in [0, 0.05) is 30.7 Å². The van der Waals surface area contributed by atoms with E-state index in [0.29, 0.717) is 36.0 Å². The van der Waals surface area contributed by atoms with E-state index < -0.39 is 0 Å². The van der Waals surface area contributed by atoms with Crippen molar-refractivity contribution in [1.82, 2.24) is 14.9 Å². The van der Waals surface area contributed by atoms with Gasteiger partial charge < -0.3 is 20.8 Å². The summed E-state index contributed by atoms with van der Waals surface area (Å²) in [6.07, 6.45) is 12.0. The molecule has 38 heavy (non-hydrogen) atoms. The highest BCUT2D eigenvalue weighted by Gasteiger charge is 2.56. The number of rotatable bonds is 8. The Labute approximate surface area is 225 Å². The molecule has 5 atom stereocenters. The van der Waals surface area contributed by atoms with Crippen LogP contribution in [0, 0.1) is 34.5 Å². The van der Waals surface area contributed by atoms with Crippen LogP contribution in [0.25, 0.3) is 0 Å². The van der Waals surface area contributed by atoms with E-state index in [-0.39, 0.29) is 17.3 Å². The third-order valence-electron chi connectivity index (χ3n) is 10.0. The second-order valence-electron chi connectivity index (χ2n) is 12.5. The highest BCUT2D eigenvalue weighted by molar-refractivity contribution is 5.53. The molecule has 1 heterocycles. The largest absolute Gasteiger partial charge is 0.508 e. The zero-order valence-corrected chi connectivity index (χ0v) is 22.3. The van der Waals surface area contributed by atoms with E-state index in [0.717, 1.165) is 55.5 Å². The van der Waals surface area contributed by atoms with Crippen LogP contribution in [0.4, 0.5) is 11.8 Å². The van der Waals surface area contributed by atoms with E-state index in [1.54, 1.807) is 18.3 Å². The van der Waals surface area contributed by atoms with Crippen LogP contribution >= 0.6 is 0 Å². The van der Waals surface area contributed by atoms with Gasteiger partial charge in [-0.1, -0.05) is 18.2 Å². The van der Waals surface area contributed by atoms with Crippen molar-refractivity contribution in [1.29, 1.82) is 5.26 Å². The number of anilines is 2. The molecule has 5 saturated carbocycles. The molecule has 8 nitrogen and oxygen atoms in total. The Hall–Kier alpha value is -2.89. The maximum absolute atomic E-state index is 10.0. The number of hydrogen-bond acceptors (Lipinski definition) is 8. The summed E-state index contributed by atoms with van der Waals surface area (Å²) in [6, 6.07) is 10.7. The molecule has 0 saturated heterocycles. The SMILES string of the molecule is CN([C@H]1CC[C@@H](O)CC1)[C@@H]1[C@@H]2CC3C[C@H]1C[C@](CNc1nc(NCc4ccccc4O)ncc1C#N)(C3)C2. The number of phenols is 1. The van der Waals surface area contributed by atoms with Gasteiger partial charge in [-0.2, -0.15) is 10.2 Å². The fourth-order valence-corrected chi connectivity index (χ4v) is 8.55. The van der Waals surface area contributed by atoms with Crippen molar-refractivity contribution >= 4 is 11.8 Å². The highest BCUT2D eigenvalue weighted by atomic mass is 16.3. The maximum Gasteiger partial charge on any atom is 0.224 e. The number of nitriles is 1. The Bertz CT molecular complexity index is 1170. The minimum atomic E-state index is -0.103. The average molecular weight is 517 g/mol. The van der Waals surface area contributed by atoms with Crippen LogP contribution in [-0.4, -0.2) is 56.9 Å². The second kappa shape index (κ2) is 10.3. The fourth-order valence-electron chi connectivity index (χ4n) is 8.55. The molecule has 5 fully saturated rings. The van der Waals surface area contributed by atoms with E-state index in [2.05, 4.69) is 38.6 Å². The van der Waals surface area contributed by atoms with Crippen molar-refractivity contribution in [2.75, 3.05) is 24.2 Å². The standard InChI is InChI=1S/C30H40N6O2/c1-36(24-6-8-25(37)9-7-24)27-21-10-19-11-22(27)14-30(12-19,13-21)18-34-28-23(15-31)17-33-29(35-28)32-16-20-4-2-3-5-26(20)38/h2-5,17,19,21-22,24-25,27,37-38H,6-14,16,18H2,1H3,(H2,32,33,34,35)/t19?,21-,22+,24-,25+,27-,30+. The quantitative estimate of drug-likeness (QED) is 0.405. The van der Waals surface area contributed by atoms with Crippen molar-refractivity contribution in [3.05, 3.63) is 41.6 Å². The number of aromatic nitrogens is 2. The molecular formula is C30H40N6O2. The number of nitrogens with one attached hydrogen (secondary N) is 2. The molecule has 0 radical (unpaired) electrons. The van der Waals surface area contributed by atoms with Crippen molar-refractivity contribution < 1.29 is 10.2 Å². The van der Waals surface area contributed by atoms with Gasteiger partial charge in [0.1, 0.15) is 23.2 Å². The number of benzene rings is 1. The summed E-state index contributed by atoms with van der Waals surface area (Å²) < 4.78 is 0. The summed E-state index contributed by atoms with van der Waals surface area (Å²) in [4.78, 5) is 11.7. The Morgan fingerprint density at radius 2 is 1.82 bits per heavy atom. The third-order valence-corrected chi connectivity index (χ3v) is 10.0. The van der Waals surface area contributed by atoms with Gasteiger partial charge in [0.05, 0.1) is 12.3 Å². The van der Waals surface area contributed by atoms with Crippen molar-refractivity contribution in [2.45, 2.75) is 82.5 Å². The zero-order valence-electron chi connectivity index (χ0n) is 22.3. The van der Waals surface area contributed by atoms with Crippen molar-refractivity contribution in [2.24, 2.45) is 23.2 Å². The molecular weight excluding hydrogens is 476 g/mol. The molecule has 1 unspecified atom stereocenters. The van der Waals surface area contributed by atoms with E-state index in [9.17, 15) is 15.5 Å². The molecule has 1 aromatic heterocycles. The molecule has 0 aliphatic heterocycles. The Morgan fingerprint density at radius 3 is 2.53 bits per heavy atom. The lowest BCUT2D eigenvalue weighted by atomic mass is 9.47. The summed E-state index contributed by atoms with van der Waals surface area (Å²) in [5.41, 5.74) is 1.49. The number of hydrogen-bond donors (Lipinski definition) is 4. The molecule has 2 aromatic rings. The van der Waals surface area contributed by atoms with Crippen molar-refractivity contribution in [3.63, 3.8) is 0 Å². The predicted molar refractivity (Wildman–Crippen MR) is 146 cm³/mol. The number of aliphatic hydroxyl groups is 1. The average Bonchev–Trinajstić information content (AvgIpc) is 2.91. The lowest BCUT2D eigenvalue weighted by Crippen LogP contribution is -2.61. The topological polar surface area (TPSA) is 117 Å². The van der Waals surface area contributed by atoms with E-state index in [1.807, 2.05) is 12.1 Å². The number of aliphatic hydroxyl groups excluding tert-OH is 1. The van der Waals surface area contributed by atoms with Gasteiger partial charge >= 0.3 is 0 Å². The predicted octanol–water partition coefficient (Wildman–Crippen LogP) is 4.51. The Kier molecular flexibility index (Phi) is 6.92. The van der Waals surface area contributed by atoms with Gasteiger partial charge in [0.15, 0.2) is 0 Å². The van der Waals surface area contributed by atoms with Crippen molar-refractivity contribution in [3.8, 4) is 11.8 Å². The maximum atomic E-state index is 10.0. The minimum absolute atomic E-state index is 0.103. The van der Waals surface area contributed by atoms with Gasteiger partial charge in [-0.05, 0) is 94.1 Å². The molecule has 0 spiro atoms. The number of para-hydroxylation sites is 1. The number of phenolic OH excluding ortho intramolecular Hbond substituents is 1. The molecule has 5 aliphatic rings. The summed E-state index contributed by atoms with van der Waals surface area (Å²) >= 11 is 0. The zero-order chi connectivity index (χ0) is 26.3. The second-order valence-corrected chi connectivity index (χ2v) is 12.5. The summed E-state index contributed by atoms with van der Waals surface area (Å²) in [5, 5.41) is 36.5. The highest BCUT2D eigenvalue weighted by Crippen LogP contribution is 2.61. The molecule has 1 aromatic carbocycles. The first-order valence-corrected chi connectivity index (χ1v) is 14.3. The number of aromatic hydroxyl groups is 1. The van der Waals surface area contributed by atoms with Crippen LogP contribution in [0.3, 0.4) is 0 Å².